The Kier molecular flexibility index (Phi) is 4.45. The van der Waals surface area contributed by atoms with Gasteiger partial charge in [0.2, 0.25) is 0 Å². The zero-order chi connectivity index (χ0) is 20.5. The number of nitrogen functional groups attached to an aromatic ring is 1. The Morgan fingerprint density at radius 3 is 1.93 bits per heavy atom. The highest BCUT2D eigenvalue weighted by molar-refractivity contribution is 6.10. The first-order valence-electron chi connectivity index (χ1n) is 9.92. The van der Waals surface area contributed by atoms with Crippen molar-refractivity contribution in [3.8, 4) is 0 Å². The Labute approximate surface area is 175 Å². The van der Waals surface area contributed by atoms with E-state index >= 15 is 0 Å². The maximum absolute atomic E-state index is 6.05. The average molecular weight is 390 g/mol. The molecule has 0 amide bonds. The lowest BCUT2D eigenvalue weighted by Crippen LogP contribution is -2.09. The standard InChI is InChI=1S/C26H22N4/c1-29-25-14-12-19(16-23(25)24-17-20(27)13-15-26(24)29)18-28-30(21-8-4-2-5-9-21)22-10-6-3-7-11-22/h2-18H,27H2,1H3/b28-18+. The number of hydrazone groups is 1. The van der Waals surface area contributed by atoms with E-state index in [4.69, 9.17) is 10.8 Å². The molecule has 1 heterocycles. The molecular formula is C26H22N4. The second-order valence-corrected chi connectivity index (χ2v) is 7.34. The SMILES string of the molecule is Cn1c2ccc(N)cc2c2cc(/C=N/N(c3ccccc3)c3ccccc3)ccc21. The quantitative estimate of drug-likeness (QED) is 0.229. The Morgan fingerprint density at radius 1 is 0.733 bits per heavy atom. The van der Waals surface area contributed by atoms with E-state index in [-0.39, 0.29) is 0 Å². The molecule has 4 heteroatoms. The van der Waals surface area contributed by atoms with E-state index in [2.05, 4.69) is 60.1 Å². The molecular weight excluding hydrogens is 368 g/mol. The molecule has 0 spiro atoms. The predicted molar refractivity (Wildman–Crippen MR) is 127 cm³/mol. The van der Waals surface area contributed by atoms with Crippen molar-refractivity contribution in [2.75, 3.05) is 10.7 Å². The number of benzene rings is 4. The van der Waals surface area contributed by atoms with Crippen molar-refractivity contribution in [3.63, 3.8) is 0 Å². The van der Waals surface area contributed by atoms with Gasteiger partial charge in [-0.15, -0.1) is 0 Å². The molecule has 0 radical (unpaired) electrons. The van der Waals surface area contributed by atoms with Crippen molar-refractivity contribution in [1.82, 2.24) is 4.57 Å². The van der Waals surface area contributed by atoms with Gasteiger partial charge in [0.25, 0.3) is 0 Å². The van der Waals surface area contributed by atoms with Gasteiger partial charge in [-0.25, -0.2) is 5.01 Å². The van der Waals surface area contributed by atoms with Crippen LogP contribution < -0.4 is 10.7 Å². The topological polar surface area (TPSA) is 46.6 Å². The molecule has 5 rings (SSSR count). The Bertz CT molecular complexity index is 1310. The third-order valence-corrected chi connectivity index (χ3v) is 5.38. The molecule has 4 nitrogen and oxygen atoms in total. The summed E-state index contributed by atoms with van der Waals surface area (Å²) in [6, 6.07) is 32.8. The molecule has 146 valence electrons. The van der Waals surface area contributed by atoms with Gasteiger partial charge < -0.3 is 10.3 Å². The number of hydrogen-bond acceptors (Lipinski definition) is 3. The monoisotopic (exact) mass is 390 g/mol. The fraction of sp³-hybridized carbons (Fsp3) is 0.0385. The van der Waals surface area contributed by atoms with Crippen LogP contribution in [0.1, 0.15) is 5.56 Å². The largest absolute Gasteiger partial charge is 0.399 e. The smallest absolute Gasteiger partial charge is 0.0652 e. The van der Waals surface area contributed by atoms with Gasteiger partial charge in [-0.05, 0) is 60.2 Å². The van der Waals surface area contributed by atoms with Crippen LogP contribution in [0.5, 0.6) is 0 Å². The summed E-state index contributed by atoms with van der Waals surface area (Å²) in [5.41, 5.74) is 12.2. The van der Waals surface area contributed by atoms with E-state index in [1.54, 1.807) is 0 Å². The normalized spacial score (nSPS) is 11.5. The summed E-state index contributed by atoms with van der Waals surface area (Å²) < 4.78 is 2.20. The van der Waals surface area contributed by atoms with E-state index < -0.39 is 0 Å². The molecule has 0 fully saturated rings. The van der Waals surface area contributed by atoms with Gasteiger partial charge in [-0.1, -0.05) is 42.5 Å². The third-order valence-electron chi connectivity index (χ3n) is 5.38. The van der Waals surface area contributed by atoms with Crippen molar-refractivity contribution in [1.29, 1.82) is 0 Å². The molecule has 0 saturated carbocycles. The van der Waals surface area contributed by atoms with Crippen LogP contribution in [-0.2, 0) is 7.05 Å². The predicted octanol–water partition coefficient (Wildman–Crippen LogP) is 6.09. The molecule has 0 atom stereocenters. The van der Waals surface area contributed by atoms with Gasteiger partial charge >= 0.3 is 0 Å². The summed E-state index contributed by atoms with van der Waals surface area (Å²) in [6.07, 6.45) is 1.91. The fourth-order valence-electron chi connectivity index (χ4n) is 3.88. The minimum absolute atomic E-state index is 0.772. The summed E-state index contributed by atoms with van der Waals surface area (Å²) in [6.45, 7) is 0. The van der Waals surface area contributed by atoms with E-state index in [0.717, 1.165) is 28.0 Å². The Morgan fingerprint density at radius 2 is 1.30 bits per heavy atom. The molecule has 2 N–H and O–H groups in total. The van der Waals surface area contributed by atoms with E-state index in [9.17, 15) is 0 Å². The van der Waals surface area contributed by atoms with Gasteiger partial charge in [0.1, 0.15) is 0 Å². The molecule has 0 aliphatic carbocycles. The molecule has 0 bridgehead atoms. The molecule has 0 saturated heterocycles. The number of nitrogens with two attached hydrogens (primary N) is 1. The first-order chi connectivity index (χ1) is 14.7. The first-order valence-corrected chi connectivity index (χ1v) is 9.92. The Hall–Kier alpha value is -4.05. The van der Waals surface area contributed by atoms with Gasteiger partial charge in [0.15, 0.2) is 0 Å². The van der Waals surface area contributed by atoms with Crippen LogP contribution in [-0.4, -0.2) is 10.8 Å². The van der Waals surface area contributed by atoms with E-state index in [1.165, 1.54) is 16.4 Å². The van der Waals surface area contributed by atoms with Crippen LogP contribution in [0, 0.1) is 0 Å². The number of aromatic nitrogens is 1. The Balaban J connectivity index is 1.59. The number of hydrogen-bond donors (Lipinski definition) is 1. The number of fused-ring (bicyclic) bond motifs is 3. The number of rotatable bonds is 4. The maximum atomic E-state index is 6.05. The minimum atomic E-state index is 0.772. The van der Waals surface area contributed by atoms with Gasteiger partial charge in [-0.3, -0.25) is 0 Å². The summed E-state index contributed by atoms with van der Waals surface area (Å²) in [5, 5.41) is 9.11. The van der Waals surface area contributed by atoms with Crippen LogP contribution >= 0.6 is 0 Å². The molecule has 0 unspecified atom stereocenters. The molecule has 0 aliphatic rings. The lowest BCUT2D eigenvalue weighted by atomic mass is 10.1. The van der Waals surface area contributed by atoms with Gasteiger partial charge in [0, 0.05) is 34.5 Å². The zero-order valence-electron chi connectivity index (χ0n) is 16.7. The lowest BCUT2D eigenvalue weighted by Gasteiger charge is -2.19. The highest BCUT2D eigenvalue weighted by atomic mass is 15.5. The molecule has 0 aliphatic heterocycles. The van der Waals surface area contributed by atoms with Crippen molar-refractivity contribution in [2.45, 2.75) is 0 Å². The van der Waals surface area contributed by atoms with Gasteiger partial charge in [0.05, 0.1) is 17.6 Å². The molecule has 5 aromatic rings. The first kappa shape index (κ1) is 18.0. The summed E-state index contributed by atoms with van der Waals surface area (Å²) >= 11 is 0. The molecule has 4 aromatic carbocycles. The second-order valence-electron chi connectivity index (χ2n) is 7.34. The van der Waals surface area contributed by atoms with E-state index in [1.807, 2.05) is 59.8 Å². The van der Waals surface area contributed by atoms with Gasteiger partial charge in [-0.2, -0.15) is 5.10 Å². The van der Waals surface area contributed by atoms with Crippen LogP contribution in [0.4, 0.5) is 17.1 Å². The molecule has 30 heavy (non-hydrogen) atoms. The molecule has 1 aromatic heterocycles. The zero-order valence-corrected chi connectivity index (χ0v) is 16.7. The van der Waals surface area contributed by atoms with Crippen LogP contribution in [0.2, 0.25) is 0 Å². The number of aryl methyl sites for hydroxylation is 1. The van der Waals surface area contributed by atoms with Crippen LogP contribution in [0.15, 0.2) is 102 Å². The lowest BCUT2D eigenvalue weighted by molar-refractivity contribution is 1.01. The summed E-state index contributed by atoms with van der Waals surface area (Å²) in [5.74, 6) is 0. The van der Waals surface area contributed by atoms with Crippen LogP contribution in [0.3, 0.4) is 0 Å². The fourth-order valence-corrected chi connectivity index (χ4v) is 3.88. The number of para-hydroxylation sites is 2. The summed E-state index contributed by atoms with van der Waals surface area (Å²) in [7, 11) is 2.08. The number of anilines is 3. The summed E-state index contributed by atoms with van der Waals surface area (Å²) in [4.78, 5) is 0. The van der Waals surface area contributed by atoms with E-state index in [0.29, 0.717) is 0 Å². The van der Waals surface area contributed by atoms with Crippen LogP contribution in [0.25, 0.3) is 21.8 Å². The minimum Gasteiger partial charge on any atom is -0.399 e. The maximum Gasteiger partial charge on any atom is 0.0652 e. The van der Waals surface area contributed by atoms with Crippen molar-refractivity contribution in [2.24, 2.45) is 12.1 Å². The van der Waals surface area contributed by atoms with Crippen molar-refractivity contribution >= 4 is 45.1 Å². The highest BCUT2D eigenvalue weighted by Crippen LogP contribution is 2.30. The third kappa shape index (κ3) is 3.18. The number of nitrogens with zero attached hydrogens (tertiary/aromatic N) is 3. The van der Waals surface area contributed by atoms with Crippen molar-refractivity contribution < 1.29 is 0 Å². The average Bonchev–Trinajstić information content (AvgIpc) is 3.06. The second kappa shape index (κ2) is 7.41. The van der Waals surface area contributed by atoms with Crippen molar-refractivity contribution in [3.05, 3.63) is 103 Å². The highest BCUT2D eigenvalue weighted by Gasteiger charge is 2.10.